The van der Waals surface area contributed by atoms with Crippen molar-refractivity contribution in [3.05, 3.63) is 42.5 Å². The highest BCUT2D eigenvalue weighted by Crippen LogP contribution is 2.30. The molecule has 1 saturated heterocycles. The molecule has 0 aliphatic carbocycles. The lowest BCUT2D eigenvalue weighted by Gasteiger charge is -2.18. The number of azide groups is 1. The monoisotopic (exact) mass is 281 g/mol. The summed E-state index contributed by atoms with van der Waals surface area (Å²) in [7, 11) is 0. The molecule has 108 valence electrons. The predicted molar refractivity (Wildman–Crippen MR) is 69.3 cm³/mol. The van der Waals surface area contributed by atoms with E-state index >= 15 is 0 Å². The summed E-state index contributed by atoms with van der Waals surface area (Å²) in [5.74, 6) is 0. The standard InChI is InChI=1S/C11H15N5O4/c1-5-6(2)16(11(19)13-10(5)18)9-3-7(14-15-12)8(4-17)20-9/h7-9,17H,3-4H2,1-2H3,(H,13,18,19)/t7-,8+,9-/m0/s1. The molecular formula is C11H15N5O4. The van der Waals surface area contributed by atoms with E-state index in [0.717, 1.165) is 0 Å². The summed E-state index contributed by atoms with van der Waals surface area (Å²) in [5.41, 5.74) is 8.38. The second kappa shape index (κ2) is 5.49. The molecule has 20 heavy (non-hydrogen) atoms. The highest BCUT2D eigenvalue weighted by Gasteiger charge is 2.36. The second-order valence-corrected chi connectivity index (χ2v) is 4.66. The van der Waals surface area contributed by atoms with Crippen molar-refractivity contribution in [1.29, 1.82) is 0 Å². The molecule has 2 N–H and O–H groups in total. The Balaban J connectivity index is 2.44. The van der Waals surface area contributed by atoms with Gasteiger partial charge in [-0.2, -0.15) is 0 Å². The number of H-pyrrole nitrogens is 1. The summed E-state index contributed by atoms with van der Waals surface area (Å²) >= 11 is 0. The van der Waals surface area contributed by atoms with E-state index in [0.29, 0.717) is 11.3 Å². The van der Waals surface area contributed by atoms with Crippen molar-refractivity contribution in [2.45, 2.75) is 38.6 Å². The van der Waals surface area contributed by atoms with Crippen molar-refractivity contribution in [2.24, 2.45) is 5.11 Å². The molecule has 0 bridgehead atoms. The highest BCUT2D eigenvalue weighted by molar-refractivity contribution is 5.14. The zero-order valence-corrected chi connectivity index (χ0v) is 11.1. The van der Waals surface area contributed by atoms with Crippen molar-refractivity contribution >= 4 is 0 Å². The number of hydrogen-bond acceptors (Lipinski definition) is 5. The Kier molecular flexibility index (Phi) is 3.93. The van der Waals surface area contributed by atoms with Crippen LogP contribution in [-0.4, -0.2) is 33.4 Å². The number of nitrogens with zero attached hydrogens (tertiary/aromatic N) is 4. The normalized spacial score (nSPS) is 25.4. The van der Waals surface area contributed by atoms with E-state index in [-0.39, 0.29) is 13.0 Å². The van der Waals surface area contributed by atoms with Gasteiger partial charge in [-0.3, -0.25) is 14.3 Å². The fraction of sp³-hybridized carbons (Fsp3) is 0.636. The van der Waals surface area contributed by atoms with E-state index in [1.54, 1.807) is 13.8 Å². The quantitative estimate of drug-likeness (QED) is 0.462. The van der Waals surface area contributed by atoms with Crippen LogP contribution in [0.4, 0.5) is 0 Å². The lowest BCUT2D eigenvalue weighted by atomic mass is 10.1. The van der Waals surface area contributed by atoms with E-state index < -0.39 is 29.6 Å². The minimum atomic E-state index is -0.675. The molecule has 2 rings (SSSR count). The maximum Gasteiger partial charge on any atom is 0.330 e. The van der Waals surface area contributed by atoms with Crippen LogP contribution in [0, 0.1) is 13.8 Å². The SMILES string of the molecule is Cc1c(C)n([C@@H]2C[C@H](N=[N+]=[N-])[C@@H](CO)O2)c(=O)[nH]c1=O. The Hall–Kier alpha value is -2.09. The van der Waals surface area contributed by atoms with Crippen LogP contribution in [0.2, 0.25) is 0 Å². The number of aromatic nitrogens is 2. The molecule has 9 nitrogen and oxygen atoms in total. The van der Waals surface area contributed by atoms with Crippen molar-refractivity contribution < 1.29 is 9.84 Å². The molecule has 0 radical (unpaired) electrons. The maximum absolute atomic E-state index is 11.9. The van der Waals surface area contributed by atoms with Crippen LogP contribution < -0.4 is 11.2 Å². The van der Waals surface area contributed by atoms with E-state index in [1.165, 1.54) is 4.57 Å². The third kappa shape index (κ3) is 2.34. The van der Waals surface area contributed by atoms with Gasteiger partial charge in [-0.15, -0.1) is 0 Å². The van der Waals surface area contributed by atoms with Gasteiger partial charge in [-0.05, 0) is 19.4 Å². The molecule has 1 fully saturated rings. The van der Waals surface area contributed by atoms with Gasteiger partial charge in [0.05, 0.1) is 18.8 Å². The average molecular weight is 281 g/mol. The van der Waals surface area contributed by atoms with Crippen LogP contribution in [0.1, 0.15) is 23.9 Å². The van der Waals surface area contributed by atoms with Gasteiger partial charge in [0.1, 0.15) is 6.23 Å². The van der Waals surface area contributed by atoms with Crippen LogP contribution in [0.5, 0.6) is 0 Å². The zero-order valence-electron chi connectivity index (χ0n) is 11.1. The molecule has 0 unspecified atom stereocenters. The van der Waals surface area contributed by atoms with Gasteiger partial charge in [0.15, 0.2) is 0 Å². The van der Waals surface area contributed by atoms with Gasteiger partial charge >= 0.3 is 5.69 Å². The molecule has 3 atom stereocenters. The maximum atomic E-state index is 11.9. The van der Waals surface area contributed by atoms with E-state index in [9.17, 15) is 14.7 Å². The van der Waals surface area contributed by atoms with Gasteiger partial charge < -0.3 is 9.84 Å². The van der Waals surface area contributed by atoms with Crippen molar-refractivity contribution in [2.75, 3.05) is 6.61 Å². The van der Waals surface area contributed by atoms with Crippen LogP contribution in [0.15, 0.2) is 14.7 Å². The Morgan fingerprint density at radius 1 is 1.55 bits per heavy atom. The largest absolute Gasteiger partial charge is 0.394 e. The zero-order chi connectivity index (χ0) is 14.9. The Morgan fingerprint density at radius 3 is 2.85 bits per heavy atom. The molecule has 1 aromatic heterocycles. The number of nitrogens with one attached hydrogen (secondary N) is 1. The summed E-state index contributed by atoms with van der Waals surface area (Å²) in [6, 6.07) is -0.548. The van der Waals surface area contributed by atoms with Gasteiger partial charge in [0, 0.05) is 22.6 Å². The number of hydrogen-bond donors (Lipinski definition) is 2. The van der Waals surface area contributed by atoms with Gasteiger partial charge in [-0.1, -0.05) is 5.11 Å². The van der Waals surface area contributed by atoms with E-state index in [1.807, 2.05) is 0 Å². The first-order chi connectivity index (χ1) is 9.49. The van der Waals surface area contributed by atoms with Crippen molar-refractivity contribution in [1.82, 2.24) is 9.55 Å². The Bertz CT molecular complexity index is 672. The third-order valence-electron chi connectivity index (χ3n) is 3.56. The fourth-order valence-corrected chi connectivity index (χ4v) is 2.32. The van der Waals surface area contributed by atoms with Crippen LogP contribution in [0.25, 0.3) is 10.4 Å². The topological polar surface area (TPSA) is 133 Å². The number of aliphatic hydroxyl groups is 1. The summed E-state index contributed by atoms with van der Waals surface area (Å²) in [6.45, 7) is 2.94. The molecular weight excluding hydrogens is 266 g/mol. The number of rotatable bonds is 3. The first-order valence-electron chi connectivity index (χ1n) is 6.12. The summed E-state index contributed by atoms with van der Waals surface area (Å²) in [4.78, 5) is 28.3. The highest BCUT2D eigenvalue weighted by atomic mass is 16.5. The van der Waals surface area contributed by atoms with Gasteiger partial charge in [0.25, 0.3) is 5.56 Å². The lowest BCUT2D eigenvalue weighted by Crippen LogP contribution is -2.36. The van der Waals surface area contributed by atoms with E-state index in [4.69, 9.17) is 10.3 Å². The molecule has 2 heterocycles. The number of aromatic amines is 1. The summed E-state index contributed by atoms with van der Waals surface area (Å²) < 4.78 is 6.86. The summed E-state index contributed by atoms with van der Waals surface area (Å²) in [6.07, 6.45) is -1.07. The second-order valence-electron chi connectivity index (χ2n) is 4.66. The fourth-order valence-electron chi connectivity index (χ4n) is 2.32. The van der Waals surface area contributed by atoms with Crippen LogP contribution in [-0.2, 0) is 4.74 Å². The first-order valence-corrected chi connectivity index (χ1v) is 6.12. The molecule has 0 spiro atoms. The molecule has 0 amide bonds. The molecule has 1 aromatic rings. The average Bonchev–Trinajstić information content (AvgIpc) is 2.79. The predicted octanol–water partition coefficient (Wildman–Crippen LogP) is 0.112. The minimum absolute atomic E-state index is 0.265. The lowest BCUT2D eigenvalue weighted by molar-refractivity contribution is -0.0280. The number of aliphatic hydroxyl groups excluding tert-OH is 1. The van der Waals surface area contributed by atoms with E-state index in [2.05, 4.69) is 15.0 Å². The number of ether oxygens (including phenoxy) is 1. The Labute approximate surface area is 113 Å². The smallest absolute Gasteiger partial charge is 0.330 e. The molecule has 0 saturated carbocycles. The van der Waals surface area contributed by atoms with Gasteiger partial charge in [0.2, 0.25) is 0 Å². The summed E-state index contributed by atoms with van der Waals surface area (Å²) in [5, 5.41) is 12.8. The Morgan fingerprint density at radius 2 is 2.25 bits per heavy atom. The molecule has 9 heteroatoms. The van der Waals surface area contributed by atoms with Gasteiger partial charge in [-0.25, -0.2) is 4.79 Å². The minimum Gasteiger partial charge on any atom is -0.394 e. The third-order valence-corrected chi connectivity index (χ3v) is 3.56. The first kappa shape index (κ1) is 14.3. The van der Waals surface area contributed by atoms with Crippen molar-refractivity contribution in [3.8, 4) is 0 Å². The molecule has 0 aromatic carbocycles. The van der Waals surface area contributed by atoms with Crippen LogP contribution >= 0.6 is 0 Å². The van der Waals surface area contributed by atoms with Crippen molar-refractivity contribution in [3.63, 3.8) is 0 Å². The van der Waals surface area contributed by atoms with Crippen LogP contribution in [0.3, 0.4) is 0 Å². The molecule has 1 aliphatic heterocycles. The molecule has 1 aliphatic rings.